The number of aromatic nitrogens is 8. The van der Waals surface area contributed by atoms with Gasteiger partial charge in [0.2, 0.25) is 0 Å². The van der Waals surface area contributed by atoms with Crippen molar-refractivity contribution in [1.82, 2.24) is 39.9 Å². The second kappa shape index (κ2) is 8.86. The van der Waals surface area contributed by atoms with Gasteiger partial charge in [0.25, 0.3) is 0 Å². The average Bonchev–Trinajstić information content (AvgIpc) is 3.79. The number of hydrogen-bond donors (Lipinski definition) is 2. The van der Waals surface area contributed by atoms with Gasteiger partial charge < -0.3 is 9.97 Å². The molecule has 10 heteroatoms. The van der Waals surface area contributed by atoms with Crippen LogP contribution in [-0.2, 0) is 0 Å². The van der Waals surface area contributed by atoms with Crippen LogP contribution in [0.3, 0.4) is 0 Å². The van der Waals surface area contributed by atoms with E-state index in [1.54, 1.807) is 12.1 Å². The van der Waals surface area contributed by atoms with E-state index in [4.69, 9.17) is 29.9 Å². The van der Waals surface area contributed by atoms with Gasteiger partial charge in [-0.2, -0.15) is 10.5 Å². The smallest absolute Gasteiger partial charge is 0.164 e. The number of rotatable bonds is 0. The highest BCUT2D eigenvalue weighted by Gasteiger charge is 2.22. The van der Waals surface area contributed by atoms with E-state index in [1.165, 1.54) is 0 Å². The van der Waals surface area contributed by atoms with Crippen LogP contribution in [0.15, 0.2) is 84.9 Å². The predicted molar refractivity (Wildman–Crippen MR) is 165 cm³/mol. The van der Waals surface area contributed by atoms with E-state index in [0.29, 0.717) is 56.7 Å². The third-order valence-electron chi connectivity index (χ3n) is 7.93. The van der Waals surface area contributed by atoms with Crippen molar-refractivity contribution in [3.8, 4) is 57.7 Å². The molecule has 0 saturated heterocycles. The quantitative estimate of drug-likeness (QED) is 0.208. The zero-order chi connectivity index (χ0) is 29.4. The lowest BCUT2D eigenvalue weighted by Gasteiger charge is -1.97. The Kier molecular flexibility index (Phi) is 4.81. The van der Waals surface area contributed by atoms with Crippen molar-refractivity contribution in [2.45, 2.75) is 0 Å². The summed E-state index contributed by atoms with van der Waals surface area (Å²) in [5, 5.41) is 22.7. The first-order valence-corrected chi connectivity index (χ1v) is 13.8. The van der Waals surface area contributed by atoms with Crippen LogP contribution in [0.4, 0.5) is 0 Å². The highest BCUT2D eigenvalue weighted by molar-refractivity contribution is 6.07. The molecule has 2 aliphatic heterocycles. The Morgan fingerprint density at radius 1 is 0.409 bits per heavy atom. The summed E-state index contributed by atoms with van der Waals surface area (Å²) in [5.41, 5.74) is 5.96. The Morgan fingerprint density at radius 3 is 1.07 bits per heavy atom. The van der Waals surface area contributed by atoms with Crippen LogP contribution in [0.2, 0.25) is 0 Å². The van der Waals surface area contributed by atoms with Crippen LogP contribution in [0.25, 0.3) is 89.7 Å². The molecule has 0 unspecified atom stereocenters. The standard InChI is InChI=1S/C34H16N10/c35-15-17-13-25-26(14-18(17)16-36)34-43-32-24-12-6-4-10-22(24)30(41-32)39-28-20-8-2-1-7-19(20)27(37-28)38-29-21-9-3-5-11-23(21)31(40-29)42-33(25)44-34/h1-14H,(H2,37,38,39,40,41,42,43,44). The Balaban J connectivity index is 1.52. The van der Waals surface area contributed by atoms with Gasteiger partial charge in [-0.05, 0) is 12.1 Å². The average molecular weight is 565 g/mol. The predicted octanol–water partition coefficient (Wildman–Crippen LogP) is 6.61. The molecular formula is C34H16N10. The minimum absolute atomic E-state index is 0.246. The molecule has 44 heavy (non-hydrogen) atoms. The number of nitrogens with zero attached hydrogens (tertiary/aromatic N) is 8. The molecule has 0 atom stereocenters. The monoisotopic (exact) mass is 564 g/mol. The minimum atomic E-state index is 0.246. The van der Waals surface area contributed by atoms with Crippen LogP contribution in [0.5, 0.6) is 0 Å². The lowest BCUT2D eigenvalue weighted by atomic mass is 10.0. The largest absolute Gasteiger partial charge is 0.324 e. The summed E-state index contributed by atoms with van der Waals surface area (Å²) in [6.45, 7) is 0. The van der Waals surface area contributed by atoms with E-state index in [0.717, 1.165) is 33.0 Å². The number of nitriles is 2. The van der Waals surface area contributed by atoms with E-state index < -0.39 is 0 Å². The Hall–Kier alpha value is -6.78. The fourth-order valence-corrected chi connectivity index (χ4v) is 5.87. The van der Waals surface area contributed by atoms with Crippen molar-refractivity contribution in [2.75, 3.05) is 0 Å². The Morgan fingerprint density at radius 2 is 0.727 bits per heavy atom. The van der Waals surface area contributed by atoms with Crippen molar-refractivity contribution >= 4 is 44.1 Å². The third-order valence-corrected chi connectivity index (χ3v) is 7.93. The van der Waals surface area contributed by atoms with E-state index >= 15 is 0 Å². The molecule has 202 valence electrons. The molecule has 3 aromatic heterocycles. The van der Waals surface area contributed by atoms with Gasteiger partial charge in [0, 0.05) is 43.8 Å². The maximum Gasteiger partial charge on any atom is 0.164 e. The summed E-state index contributed by atoms with van der Waals surface area (Å²) in [7, 11) is 0. The molecule has 0 aliphatic carbocycles. The maximum absolute atomic E-state index is 9.79. The van der Waals surface area contributed by atoms with Crippen LogP contribution < -0.4 is 0 Å². The summed E-state index contributed by atoms with van der Waals surface area (Å²) in [6.07, 6.45) is 0. The molecule has 7 aromatic rings. The molecule has 9 rings (SSSR count). The summed E-state index contributed by atoms with van der Waals surface area (Å²) >= 11 is 0. The van der Waals surface area contributed by atoms with E-state index in [-0.39, 0.29) is 11.1 Å². The zero-order valence-corrected chi connectivity index (χ0v) is 22.7. The Labute approximate surface area is 248 Å². The van der Waals surface area contributed by atoms with Crippen molar-refractivity contribution in [1.29, 1.82) is 10.5 Å². The van der Waals surface area contributed by atoms with Crippen molar-refractivity contribution in [3.05, 3.63) is 96.1 Å². The number of benzene rings is 4. The van der Waals surface area contributed by atoms with Gasteiger partial charge in [0.15, 0.2) is 23.3 Å². The minimum Gasteiger partial charge on any atom is -0.324 e. The fourth-order valence-electron chi connectivity index (χ4n) is 5.87. The second-order valence-corrected chi connectivity index (χ2v) is 10.4. The molecule has 0 saturated carbocycles. The second-order valence-electron chi connectivity index (χ2n) is 10.4. The van der Waals surface area contributed by atoms with Gasteiger partial charge in [-0.1, -0.05) is 72.8 Å². The Bertz CT molecular complexity index is 2470. The molecule has 4 aromatic carbocycles. The van der Waals surface area contributed by atoms with Crippen LogP contribution in [0.1, 0.15) is 11.1 Å². The van der Waals surface area contributed by atoms with Crippen molar-refractivity contribution < 1.29 is 0 Å². The molecule has 2 N–H and O–H groups in total. The summed E-state index contributed by atoms with van der Waals surface area (Å²) in [4.78, 5) is 36.4. The molecule has 5 heterocycles. The number of hydrogen-bond acceptors (Lipinski definition) is 8. The fraction of sp³-hybridized carbons (Fsp3) is 0. The van der Waals surface area contributed by atoms with Crippen molar-refractivity contribution in [3.63, 3.8) is 0 Å². The summed E-state index contributed by atoms with van der Waals surface area (Å²) in [5.74, 6) is 1.94. The lowest BCUT2D eigenvalue weighted by Crippen LogP contribution is -1.85. The van der Waals surface area contributed by atoms with Gasteiger partial charge in [0.1, 0.15) is 34.7 Å². The number of nitrogens with one attached hydrogen (secondary N) is 2. The first-order valence-electron chi connectivity index (χ1n) is 13.8. The normalized spacial score (nSPS) is 11.6. The first-order chi connectivity index (χ1) is 21.7. The van der Waals surface area contributed by atoms with Gasteiger partial charge in [-0.3, -0.25) is 0 Å². The first kappa shape index (κ1) is 23.9. The third kappa shape index (κ3) is 3.39. The van der Waals surface area contributed by atoms with Crippen molar-refractivity contribution in [2.24, 2.45) is 0 Å². The van der Waals surface area contributed by atoms with Gasteiger partial charge in [-0.25, -0.2) is 29.9 Å². The SMILES string of the molecule is N#Cc1cc2c3nc4nc(nc5[nH]c(nc6nc(nc([nH]3)c2cc1C#N)-c1ccccc1-6)c1ccccc51)-c1ccccc1-4. The van der Waals surface area contributed by atoms with Crippen LogP contribution >= 0.6 is 0 Å². The molecule has 8 bridgehead atoms. The molecule has 0 radical (unpaired) electrons. The lowest BCUT2D eigenvalue weighted by molar-refractivity contribution is 1.19. The molecule has 0 spiro atoms. The van der Waals surface area contributed by atoms with E-state index in [2.05, 4.69) is 22.1 Å². The number of aromatic amines is 2. The summed E-state index contributed by atoms with van der Waals surface area (Å²) < 4.78 is 0. The highest BCUT2D eigenvalue weighted by atomic mass is 15.1. The molecule has 10 nitrogen and oxygen atoms in total. The van der Waals surface area contributed by atoms with Crippen LogP contribution in [-0.4, -0.2) is 39.9 Å². The molecule has 0 fully saturated rings. The zero-order valence-electron chi connectivity index (χ0n) is 22.7. The maximum atomic E-state index is 9.79. The molecule has 0 amide bonds. The van der Waals surface area contributed by atoms with Gasteiger partial charge in [-0.15, -0.1) is 0 Å². The van der Waals surface area contributed by atoms with Gasteiger partial charge >= 0.3 is 0 Å². The molecule has 2 aliphatic rings. The van der Waals surface area contributed by atoms with Crippen LogP contribution in [0, 0.1) is 22.7 Å². The topological polar surface area (TPSA) is 156 Å². The number of fused-ring (bicyclic) bond motifs is 20. The highest BCUT2D eigenvalue weighted by Crippen LogP contribution is 2.37. The number of H-pyrrole nitrogens is 2. The van der Waals surface area contributed by atoms with E-state index in [9.17, 15) is 10.5 Å². The van der Waals surface area contributed by atoms with Gasteiger partial charge in [0.05, 0.1) is 11.1 Å². The van der Waals surface area contributed by atoms with E-state index in [1.807, 2.05) is 72.8 Å². The molecular weight excluding hydrogens is 548 g/mol. The summed E-state index contributed by atoms with van der Waals surface area (Å²) in [6, 6.07) is 31.1.